The van der Waals surface area contributed by atoms with Crippen LogP contribution in [0.4, 0.5) is 35.1 Å². The maximum absolute atomic E-state index is 13.9. The summed E-state index contributed by atoms with van der Waals surface area (Å²) >= 11 is 6.07. The van der Waals surface area contributed by atoms with E-state index in [2.05, 4.69) is 15.5 Å². The predicted molar refractivity (Wildman–Crippen MR) is 111 cm³/mol. The average Bonchev–Trinajstić information content (AvgIpc) is 3.21. The number of nitrogens with zero attached hydrogens (tertiary/aromatic N) is 5. The SMILES string of the molecule is Cn1nc(C(F)(F)C(F)(F)F)c(C(F)(F)F)c1-c1cnn(-c2ccc(Cl)c(C(=O)NC3(C#N)CC3)c2)c1. The highest BCUT2D eigenvalue weighted by atomic mass is 35.5. The summed E-state index contributed by atoms with van der Waals surface area (Å²) in [5.74, 6) is -6.58. The van der Waals surface area contributed by atoms with Gasteiger partial charge in [-0.2, -0.15) is 50.6 Å². The van der Waals surface area contributed by atoms with Crippen molar-refractivity contribution >= 4 is 17.5 Å². The Balaban J connectivity index is 1.77. The molecule has 0 bridgehead atoms. The van der Waals surface area contributed by atoms with Gasteiger partial charge in [0.25, 0.3) is 5.91 Å². The number of nitriles is 1. The fraction of sp³-hybridized carbons (Fsp3) is 0.333. The molecule has 1 aliphatic carbocycles. The van der Waals surface area contributed by atoms with E-state index in [1.807, 2.05) is 6.07 Å². The van der Waals surface area contributed by atoms with Crippen molar-refractivity contribution in [3.05, 3.63) is 52.4 Å². The van der Waals surface area contributed by atoms with E-state index >= 15 is 0 Å². The van der Waals surface area contributed by atoms with Crippen molar-refractivity contribution in [2.45, 2.75) is 36.7 Å². The maximum atomic E-state index is 13.9. The van der Waals surface area contributed by atoms with Gasteiger partial charge in [0.1, 0.15) is 11.1 Å². The molecule has 2 heterocycles. The van der Waals surface area contributed by atoms with Gasteiger partial charge < -0.3 is 5.32 Å². The van der Waals surface area contributed by atoms with E-state index < -0.39 is 52.2 Å². The number of hydrogen-bond donors (Lipinski definition) is 1. The number of benzene rings is 1. The number of hydrogen-bond acceptors (Lipinski definition) is 4. The van der Waals surface area contributed by atoms with Gasteiger partial charge in [-0.25, -0.2) is 4.68 Å². The van der Waals surface area contributed by atoms with E-state index in [1.165, 1.54) is 18.2 Å². The van der Waals surface area contributed by atoms with Crippen LogP contribution in [0.5, 0.6) is 0 Å². The van der Waals surface area contributed by atoms with Crippen molar-refractivity contribution in [3.63, 3.8) is 0 Å². The maximum Gasteiger partial charge on any atom is 0.459 e. The smallest absolute Gasteiger partial charge is 0.334 e. The summed E-state index contributed by atoms with van der Waals surface area (Å²) in [6.45, 7) is 0. The Kier molecular flexibility index (Phi) is 6.02. The average molecular weight is 553 g/mol. The summed E-state index contributed by atoms with van der Waals surface area (Å²) in [5, 5.41) is 18.4. The number of amides is 1. The third-order valence-electron chi connectivity index (χ3n) is 5.62. The molecule has 0 spiro atoms. The summed E-state index contributed by atoms with van der Waals surface area (Å²) in [6, 6.07) is 5.81. The second-order valence-electron chi connectivity index (χ2n) is 8.25. The highest BCUT2D eigenvalue weighted by molar-refractivity contribution is 6.34. The molecule has 1 aliphatic rings. The van der Waals surface area contributed by atoms with Crippen LogP contribution in [0, 0.1) is 11.3 Å². The summed E-state index contributed by atoms with van der Waals surface area (Å²) < 4.78 is 109. The zero-order valence-electron chi connectivity index (χ0n) is 18.3. The molecule has 1 N–H and O–H groups in total. The molecule has 0 atom stereocenters. The summed E-state index contributed by atoms with van der Waals surface area (Å²) in [4.78, 5) is 12.6. The third-order valence-corrected chi connectivity index (χ3v) is 5.95. The minimum absolute atomic E-state index is 0.00705. The van der Waals surface area contributed by atoms with E-state index in [4.69, 9.17) is 16.9 Å². The fourth-order valence-corrected chi connectivity index (χ4v) is 3.77. The Morgan fingerprint density at radius 2 is 1.81 bits per heavy atom. The minimum atomic E-state index is -6.33. The molecule has 2 aromatic heterocycles. The molecular formula is C21H13ClF8N6O. The lowest BCUT2D eigenvalue weighted by Crippen LogP contribution is -2.36. The molecule has 1 saturated carbocycles. The van der Waals surface area contributed by atoms with Crippen LogP contribution in [0.2, 0.25) is 5.02 Å². The van der Waals surface area contributed by atoms with E-state index in [1.54, 1.807) is 0 Å². The van der Waals surface area contributed by atoms with Crippen molar-refractivity contribution < 1.29 is 39.9 Å². The van der Waals surface area contributed by atoms with Gasteiger partial charge in [0, 0.05) is 18.8 Å². The standard InChI is InChI=1S/C21H13ClF8N6O/c1-35-15(14(20(25,26)27)16(34-35)19(23,24)21(28,29)30)10-7-32-36(8-10)11-2-3-13(22)12(6-11)17(37)33-18(9-31)4-5-18/h2-3,6-8H,4-5H2,1H3,(H,33,37). The molecule has 0 unspecified atom stereocenters. The van der Waals surface area contributed by atoms with Crippen LogP contribution >= 0.6 is 11.6 Å². The number of carbonyl (C=O) groups excluding carboxylic acids is 1. The number of alkyl halides is 8. The molecule has 196 valence electrons. The van der Waals surface area contributed by atoms with E-state index in [-0.39, 0.29) is 21.0 Å². The lowest BCUT2D eigenvalue weighted by Gasteiger charge is -2.19. The van der Waals surface area contributed by atoms with Gasteiger partial charge in [-0.05, 0) is 31.0 Å². The molecule has 0 radical (unpaired) electrons. The van der Waals surface area contributed by atoms with Gasteiger partial charge in [0.2, 0.25) is 0 Å². The first kappa shape index (κ1) is 26.4. The lowest BCUT2D eigenvalue weighted by molar-refractivity contribution is -0.292. The zero-order valence-corrected chi connectivity index (χ0v) is 19.1. The molecule has 1 fully saturated rings. The number of nitrogens with one attached hydrogen (secondary N) is 1. The first-order valence-electron chi connectivity index (χ1n) is 10.2. The summed E-state index contributed by atoms with van der Waals surface area (Å²) in [5.41, 5.74) is -7.31. The third kappa shape index (κ3) is 4.61. The predicted octanol–water partition coefficient (Wildman–Crippen LogP) is 5.39. The van der Waals surface area contributed by atoms with Gasteiger partial charge in [-0.3, -0.25) is 9.48 Å². The van der Waals surface area contributed by atoms with Crippen LogP contribution in [0.3, 0.4) is 0 Å². The molecule has 37 heavy (non-hydrogen) atoms. The Bertz CT molecular complexity index is 1430. The second kappa shape index (κ2) is 8.44. The van der Waals surface area contributed by atoms with Crippen molar-refractivity contribution in [1.29, 1.82) is 5.26 Å². The molecule has 1 aromatic carbocycles. The molecule has 3 aromatic rings. The number of aryl methyl sites for hydroxylation is 1. The molecule has 4 rings (SSSR count). The Labute approximate surface area is 207 Å². The summed E-state index contributed by atoms with van der Waals surface area (Å²) in [6.07, 6.45) is -9.32. The molecule has 0 saturated heterocycles. The largest absolute Gasteiger partial charge is 0.459 e. The van der Waals surface area contributed by atoms with Crippen LogP contribution in [0.25, 0.3) is 16.9 Å². The van der Waals surface area contributed by atoms with Gasteiger partial charge >= 0.3 is 18.3 Å². The Hall–Kier alpha value is -3.67. The molecule has 0 aliphatic heterocycles. The van der Waals surface area contributed by atoms with Crippen molar-refractivity contribution in [1.82, 2.24) is 24.9 Å². The van der Waals surface area contributed by atoms with Crippen LogP contribution < -0.4 is 5.32 Å². The highest BCUT2D eigenvalue weighted by Gasteiger charge is 2.64. The first-order chi connectivity index (χ1) is 17.0. The highest BCUT2D eigenvalue weighted by Crippen LogP contribution is 2.50. The zero-order chi connectivity index (χ0) is 27.6. The monoisotopic (exact) mass is 552 g/mol. The van der Waals surface area contributed by atoms with Crippen LogP contribution in [-0.2, 0) is 19.1 Å². The van der Waals surface area contributed by atoms with Crippen molar-refractivity contribution in [2.75, 3.05) is 0 Å². The number of halogens is 9. The molecular weight excluding hydrogens is 540 g/mol. The molecule has 7 nitrogen and oxygen atoms in total. The van der Waals surface area contributed by atoms with Gasteiger partial charge in [0.05, 0.1) is 34.2 Å². The second-order valence-corrected chi connectivity index (χ2v) is 8.66. The van der Waals surface area contributed by atoms with Crippen LogP contribution in [0.15, 0.2) is 30.6 Å². The summed E-state index contributed by atoms with van der Waals surface area (Å²) in [7, 11) is 0.783. The van der Waals surface area contributed by atoms with Crippen LogP contribution in [0.1, 0.15) is 34.5 Å². The molecule has 16 heteroatoms. The van der Waals surface area contributed by atoms with Crippen LogP contribution in [-0.4, -0.2) is 37.2 Å². The van der Waals surface area contributed by atoms with Gasteiger partial charge in [-0.1, -0.05) is 11.6 Å². The Morgan fingerprint density at radius 3 is 2.35 bits per heavy atom. The first-order valence-corrected chi connectivity index (χ1v) is 10.6. The normalized spacial score (nSPS) is 15.4. The number of carbonyl (C=O) groups is 1. The van der Waals surface area contributed by atoms with E-state index in [0.29, 0.717) is 12.8 Å². The van der Waals surface area contributed by atoms with Crippen molar-refractivity contribution in [2.24, 2.45) is 7.05 Å². The number of rotatable bonds is 5. The van der Waals surface area contributed by atoms with Gasteiger partial charge in [-0.15, -0.1) is 0 Å². The van der Waals surface area contributed by atoms with Crippen molar-refractivity contribution in [3.8, 4) is 23.0 Å². The van der Waals surface area contributed by atoms with Gasteiger partial charge in [0.15, 0.2) is 5.69 Å². The molecule has 1 amide bonds. The van der Waals surface area contributed by atoms with E-state index in [0.717, 1.165) is 24.1 Å². The minimum Gasteiger partial charge on any atom is -0.334 e. The Morgan fingerprint density at radius 1 is 1.16 bits per heavy atom. The van der Waals surface area contributed by atoms with E-state index in [9.17, 15) is 39.9 Å². The quantitative estimate of drug-likeness (QED) is 0.430. The number of aromatic nitrogens is 4. The lowest BCUT2D eigenvalue weighted by atomic mass is 10.0. The topological polar surface area (TPSA) is 88.5 Å². The fourth-order valence-electron chi connectivity index (χ4n) is 3.57.